The minimum Gasteiger partial charge on any atom is -0.394 e. The molecule has 1 aliphatic rings. The average Bonchev–Trinajstić information content (AvgIpc) is 3.11. The second kappa shape index (κ2) is 5.51. The fourth-order valence-corrected chi connectivity index (χ4v) is 3.55. The van der Waals surface area contributed by atoms with Crippen molar-refractivity contribution in [3.8, 4) is 0 Å². The van der Waals surface area contributed by atoms with Crippen LogP contribution in [0.5, 0.6) is 0 Å². The van der Waals surface area contributed by atoms with Crippen LogP contribution in [0.2, 0.25) is 0 Å². The molecular formula is C14H13F3N2O2S. The Morgan fingerprint density at radius 2 is 2.23 bits per heavy atom. The Bertz CT molecular complexity index is 714. The summed E-state index contributed by atoms with van der Waals surface area (Å²) < 4.78 is 38.7. The van der Waals surface area contributed by atoms with E-state index in [0.29, 0.717) is 29.0 Å². The van der Waals surface area contributed by atoms with Crippen LogP contribution in [0.15, 0.2) is 18.2 Å². The van der Waals surface area contributed by atoms with Crippen molar-refractivity contribution in [2.45, 2.75) is 25.1 Å². The maximum Gasteiger partial charge on any atom is 0.443 e. The summed E-state index contributed by atoms with van der Waals surface area (Å²) in [6.07, 6.45) is -3.05. The molecule has 1 aromatic carbocycles. The molecule has 2 heterocycles. The zero-order chi connectivity index (χ0) is 15.9. The van der Waals surface area contributed by atoms with Gasteiger partial charge in [-0.2, -0.15) is 13.2 Å². The maximum absolute atomic E-state index is 12.8. The van der Waals surface area contributed by atoms with Crippen LogP contribution in [0.3, 0.4) is 0 Å². The van der Waals surface area contributed by atoms with Crippen LogP contribution in [0.25, 0.3) is 10.2 Å². The molecular weight excluding hydrogens is 317 g/mol. The van der Waals surface area contributed by atoms with Gasteiger partial charge in [-0.15, -0.1) is 11.3 Å². The first kappa shape index (κ1) is 15.2. The molecule has 22 heavy (non-hydrogen) atoms. The molecule has 1 N–H and O–H groups in total. The van der Waals surface area contributed by atoms with E-state index in [2.05, 4.69) is 4.98 Å². The molecule has 1 aromatic heterocycles. The monoisotopic (exact) mass is 330 g/mol. The van der Waals surface area contributed by atoms with Crippen molar-refractivity contribution in [3.05, 3.63) is 28.8 Å². The molecule has 0 bridgehead atoms. The Balaban J connectivity index is 2.03. The normalized spacial score (nSPS) is 19.1. The fraction of sp³-hybridized carbons (Fsp3) is 0.429. The van der Waals surface area contributed by atoms with Gasteiger partial charge in [-0.3, -0.25) is 4.79 Å². The van der Waals surface area contributed by atoms with Crippen LogP contribution < -0.4 is 0 Å². The maximum atomic E-state index is 12.8. The van der Waals surface area contributed by atoms with E-state index in [1.54, 1.807) is 6.07 Å². The minimum absolute atomic E-state index is 0.0772. The lowest BCUT2D eigenvalue weighted by molar-refractivity contribution is -0.137. The standard InChI is InChI=1S/C14H13F3N2O2S/c15-14(16,17)13-18-11-9(4-1-5-10(11)22-13)12(21)19-6-2-3-8(19)7-20/h1,4-5,8,20H,2-3,6-7H2/t8-/m0/s1. The van der Waals surface area contributed by atoms with Crippen molar-refractivity contribution in [1.29, 1.82) is 0 Å². The Hall–Kier alpha value is -1.67. The average molecular weight is 330 g/mol. The molecule has 118 valence electrons. The molecule has 0 radical (unpaired) electrons. The Labute approximate surface area is 128 Å². The molecule has 0 spiro atoms. The third kappa shape index (κ3) is 2.56. The number of aromatic nitrogens is 1. The lowest BCUT2D eigenvalue weighted by atomic mass is 10.1. The van der Waals surface area contributed by atoms with E-state index in [-0.39, 0.29) is 29.6 Å². The van der Waals surface area contributed by atoms with E-state index < -0.39 is 11.2 Å². The molecule has 1 aliphatic heterocycles. The molecule has 1 fully saturated rings. The number of benzene rings is 1. The number of fused-ring (bicyclic) bond motifs is 1. The van der Waals surface area contributed by atoms with E-state index in [9.17, 15) is 23.1 Å². The first-order valence-electron chi connectivity index (χ1n) is 6.80. The van der Waals surface area contributed by atoms with Crippen LogP contribution >= 0.6 is 11.3 Å². The van der Waals surface area contributed by atoms with Crippen LogP contribution in [-0.4, -0.2) is 40.1 Å². The van der Waals surface area contributed by atoms with Gasteiger partial charge in [-0.25, -0.2) is 4.98 Å². The largest absolute Gasteiger partial charge is 0.443 e. The van der Waals surface area contributed by atoms with E-state index in [1.165, 1.54) is 17.0 Å². The van der Waals surface area contributed by atoms with Gasteiger partial charge in [-0.1, -0.05) is 6.07 Å². The van der Waals surface area contributed by atoms with E-state index in [0.717, 1.165) is 6.42 Å². The van der Waals surface area contributed by atoms with Crippen molar-refractivity contribution >= 4 is 27.5 Å². The molecule has 0 saturated carbocycles. The van der Waals surface area contributed by atoms with Gasteiger partial charge >= 0.3 is 6.18 Å². The summed E-state index contributed by atoms with van der Waals surface area (Å²) in [5.74, 6) is -0.374. The van der Waals surface area contributed by atoms with Gasteiger partial charge in [0.05, 0.1) is 28.4 Å². The van der Waals surface area contributed by atoms with Gasteiger partial charge < -0.3 is 10.0 Å². The number of hydrogen-bond acceptors (Lipinski definition) is 4. The van der Waals surface area contributed by atoms with Gasteiger partial charge in [-0.05, 0) is 25.0 Å². The lowest BCUT2D eigenvalue weighted by Gasteiger charge is -2.23. The summed E-state index contributed by atoms with van der Waals surface area (Å²) in [4.78, 5) is 17.7. The molecule has 0 unspecified atom stereocenters. The zero-order valence-corrected chi connectivity index (χ0v) is 12.2. The summed E-state index contributed by atoms with van der Waals surface area (Å²) in [5.41, 5.74) is 0.234. The summed E-state index contributed by atoms with van der Waals surface area (Å²) >= 11 is 0.529. The minimum atomic E-state index is -4.52. The SMILES string of the molecule is O=C(c1cccc2sc(C(F)(F)F)nc12)N1CCC[C@H]1CO. The lowest BCUT2D eigenvalue weighted by Crippen LogP contribution is -2.37. The number of hydrogen-bond donors (Lipinski definition) is 1. The highest BCUT2D eigenvalue weighted by molar-refractivity contribution is 7.18. The number of rotatable bonds is 2. The predicted octanol–water partition coefficient (Wildman–Crippen LogP) is 2.91. The third-order valence-electron chi connectivity index (χ3n) is 3.74. The van der Waals surface area contributed by atoms with Crippen molar-refractivity contribution in [2.75, 3.05) is 13.2 Å². The van der Waals surface area contributed by atoms with Crippen molar-refractivity contribution in [2.24, 2.45) is 0 Å². The molecule has 8 heteroatoms. The smallest absolute Gasteiger partial charge is 0.394 e. The predicted molar refractivity (Wildman–Crippen MR) is 75.8 cm³/mol. The third-order valence-corrected chi connectivity index (χ3v) is 4.81. The topological polar surface area (TPSA) is 53.4 Å². The number of aliphatic hydroxyl groups is 1. The number of likely N-dealkylation sites (tertiary alicyclic amines) is 1. The molecule has 2 aromatic rings. The van der Waals surface area contributed by atoms with Crippen LogP contribution in [0, 0.1) is 0 Å². The van der Waals surface area contributed by atoms with Crippen LogP contribution in [0.4, 0.5) is 13.2 Å². The van der Waals surface area contributed by atoms with E-state index in [4.69, 9.17) is 0 Å². The number of alkyl halides is 3. The van der Waals surface area contributed by atoms with Gasteiger partial charge in [0.25, 0.3) is 5.91 Å². The van der Waals surface area contributed by atoms with Gasteiger partial charge in [0, 0.05) is 6.54 Å². The molecule has 3 rings (SSSR count). The van der Waals surface area contributed by atoms with Crippen molar-refractivity contribution < 1.29 is 23.1 Å². The zero-order valence-electron chi connectivity index (χ0n) is 11.4. The van der Waals surface area contributed by atoms with Crippen molar-refractivity contribution in [1.82, 2.24) is 9.88 Å². The highest BCUT2D eigenvalue weighted by Crippen LogP contribution is 2.36. The Morgan fingerprint density at radius 3 is 2.91 bits per heavy atom. The second-order valence-corrected chi connectivity index (χ2v) is 6.18. The van der Waals surface area contributed by atoms with Gasteiger partial charge in [0.15, 0.2) is 5.01 Å². The highest BCUT2D eigenvalue weighted by Gasteiger charge is 2.36. The quantitative estimate of drug-likeness (QED) is 0.921. The van der Waals surface area contributed by atoms with Crippen molar-refractivity contribution in [3.63, 3.8) is 0 Å². The van der Waals surface area contributed by atoms with E-state index in [1.807, 2.05) is 0 Å². The number of thiazole rings is 1. The second-order valence-electron chi connectivity index (χ2n) is 5.15. The summed E-state index contributed by atoms with van der Waals surface area (Å²) in [7, 11) is 0. The number of aliphatic hydroxyl groups excluding tert-OH is 1. The van der Waals surface area contributed by atoms with Crippen LogP contribution in [0.1, 0.15) is 28.2 Å². The molecule has 1 saturated heterocycles. The van der Waals surface area contributed by atoms with Gasteiger partial charge in [0.1, 0.15) is 0 Å². The number of halogens is 3. The van der Waals surface area contributed by atoms with Gasteiger partial charge in [0.2, 0.25) is 0 Å². The molecule has 1 atom stereocenters. The number of nitrogens with zero attached hydrogens (tertiary/aromatic N) is 2. The van der Waals surface area contributed by atoms with Crippen LogP contribution in [-0.2, 0) is 6.18 Å². The Kier molecular flexibility index (Phi) is 3.82. The number of para-hydroxylation sites is 1. The summed E-state index contributed by atoms with van der Waals surface area (Å²) in [6, 6.07) is 4.28. The number of carbonyl (C=O) groups is 1. The Morgan fingerprint density at radius 1 is 1.45 bits per heavy atom. The molecule has 1 amide bonds. The first-order valence-corrected chi connectivity index (χ1v) is 7.62. The number of carbonyl (C=O) groups excluding carboxylic acids is 1. The number of amides is 1. The first-order chi connectivity index (χ1) is 10.4. The molecule has 0 aliphatic carbocycles. The fourth-order valence-electron chi connectivity index (χ4n) is 2.69. The summed E-state index contributed by atoms with van der Waals surface area (Å²) in [6.45, 7) is 0.350. The molecule has 4 nitrogen and oxygen atoms in total. The highest BCUT2D eigenvalue weighted by atomic mass is 32.1. The summed E-state index contributed by atoms with van der Waals surface area (Å²) in [5, 5.41) is 8.34. The van der Waals surface area contributed by atoms with E-state index >= 15 is 0 Å².